The Morgan fingerprint density at radius 1 is 1.17 bits per heavy atom. The summed E-state index contributed by atoms with van der Waals surface area (Å²) in [5.74, 6) is 1.01. The Morgan fingerprint density at radius 3 is 2.37 bits per heavy atom. The number of hydrogen-bond acceptors (Lipinski definition) is 4. The van der Waals surface area contributed by atoms with Crippen LogP contribution in [-0.2, 0) is 15.0 Å². The number of unbranched alkanes of at least 4 members (excludes halogenated alkanes) is 3. The molecule has 0 radical (unpaired) electrons. The Kier molecular flexibility index (Phi) is 11.7. The Labute approximate surface area is 181 Å². The third-order valence-electron chi connectivity index (χ3n) is 5.84. The summed E-state index contributed by atoms with van der Waals surface area (Å²) in [6.45, 7) is 8.11. The van der Waals surface area contributed by atoms with Gasteiger partial charge in [0.25, 0.3) is 5.97 Å². The minimum Gasteiger partial charge on any atom is -0.493 e. The van der Waals surface area contributed by atoms with Gasteiger partial charge < -0.3 is 14.9 Å². The van der Waals surface area contributed by atoms with Gasteiger partial charge in [0.05, 0.1) is 13.2 Å². The molecule has 1 aromatic carbocycles. The maximum absolute atomic E-state index is 12.4. The van der Waals surface area contributed by atoms with E-state index in [-0.39, 0.29) is 17.9 Å². The van der Waals surface area contributed by atoms with E-state index >= 15 is 0 Å². The monoisotopic (exact) mass is 420 g/mol. The van der Waals surface area contributed by atoms with E-state index in [1.807, 2.05) is 38.1 Å². The maximum Gasteiger partial charge on any atom is 0.300 e. The van der Waals surface area contributed by atoms with E-state index in [9.17, 15) is 9.90 Å². The molecule has 0 amide bonds. The minimum atomic E-state index is -0.833. The molecule has 0 aromatic heterocycles. The highest BCUT2D eigenvalue weighted by Crippen LogP contribution is 2.32. The average molecular weight is 421 g/mol. The van der Waals surface area contributed by atoms with Gasteiger partial charge in [-0.05, 0) is 37.0 Å². The van der Waals surface area contributed by atoms with Crippen molar-refractivity contribution in [3.05, 3.63) is 29.8 Å². The zero-order chi connectivity index (χ0) is 22.6. The number of aliphatic carboxylic acids is 1. The van der Waals surface area contributed by atoms with Gasteiger partial charge in [-0.2, -0.15) is 0 Å². The van der Waals surface area contributed by atoms with Crippen LogP contribution < -0.4 is 4.74 Å². The Balaban J connectivity index is 0.00000103. The first-order chi connectivity index (χ1) is 14.2. The van der Waals surface area contributed by atoms with E-state index in [1.165, 1.54) is 19.3 Å². The third-order valence-corrected chi connectivity index (χ3v) is 5.84. The number of carbonyl (C=O) groups excluding carboxylic acids is 1. The smallest absolute Gasteiger partial charge is 0.300 e. The van der Waals surface area contributed by atoms with Crippen molar-refractivity contribution in [1.82, 2.24) is 0 Å². The van der Waals surface area contributed by atoms with Crippen LogP contribution in [0.4, 0.5) is 0 Å². The molecule has 0 saturated heterocycles. The van der Waals surface area contributed by atoms with Crippen LogP contribution in [0.3, 0.4) is 0 Å². The van der Waals surface area contributed by atoms with Crippen molar-refractivity contribution >= 4 is 11.8 Å². The molecule has 1 aliphatic rings. The van der Waals surface area contributed by atoms with Crippen molar-refractivity contribution in [3.8, 4) is 5.75 Å². The van der Waals surface area contributed by atoms with Crippen molar-refractivity contribution < 1.29 is 24.5 Å². The number of ketones is 1. The molecule has 0 aliphatic heterocycles. The second-order valence-electron chi connectivity index (χ2n) is 8.97. The van der Waals surface area contributed by atoms with Crippen molar-refractivity contribution in [2.24, 2.45) is 11.8 Å². The lowest BCUT2D eigenvalue weighted by atomic mass is 9.76. The molecule has 0 bridgehead atoms. The summed E-state index contributed by atoms with van der Waals surface area (Å²) in [6, 6.07) is 8.01. The largest absolute Gasteiger partial charge is 0.493 e. The predicted molar refractivity (Wildman–Crippen MR) is 120 cm³/mol. The first kappa shape index (κ1) is 26.2. The van der Waals surface area contributed by atoms with Gasteiger partial charge in [0.15, 0.2) is 0 Å². The second kappa shape index (κ2) is 13.4. The lowest BCUT2D eigenvalue weighted by molar-refractivity contribution is -0.134. The molecular weight excluding hydrogens is 380 g/mol. The van der Waals surface area contributed by atoms with E-state index in [0.717, 1.165) is 50.3 Å². The van der Waals surface area contributed by atoms with E-state index < -0.39 is 5.97 Å². The highest BCUT2D eigenvalue weighted by Gasteiger charge is 2.31. The first-order valence-corrected chi connectivity index (χ1v) is 11.3. The number of ether oxygens (including phenoxy) is 1. The fourth-order valence-electron chi connectivity index (χ4n) is 3.87. The predicted octanol–water partition coefficient (Wildman–Crippen LogP) is 5.38. The molecule has 5 heteroatoms. The van der Waals surface area contributed by atoms with Gasteiger partial charge in [0.1, 0.15) is 11.5 Å². The van der Waals surface area contributed by atoms with E-state index in [1.54, 1.807) is 0 Å². The molecule has 2 N–H and O–H groups in total. The van der Waals surface area contributed by atoms with Crippen molar-refractivity contribution in [2.75, 3.05) is 13.2 Å². The fourth-order valence-corrected chi connectivity index (χ4v) is 3.87. The molecule has 5 nitrogen and oxygen atoms in total. The number of Topliss-reactive ketones (excluding diaryl/α,β-unsaturated/α-hetero) is 1. The average Bonchev–Trinajstić information content (AvgIpc) is 2.71. The van der Waals surface area contributed by atoms with E-state index in [2.05, 4.69) is 6.92 Å². The molecule has 2 rings (SSSR count). The molecule has 1 saturated carbocycles. The van der Waals surface area contributed by atoms with Crippen LogP contribution in [0.5, 0.6) is 5.75 Å². The summed E-state index contributed by atoms with van der Waals surface area (Å²) in [6.07, 6.45) is 8.76. The summed E-state index contributed by atoms with van der Waals surface area (Å²) in [5.41, 5.74) is 0.867. The molecule has 170 valence electrons. The zero-order valence-electron chi connectivity index (χ0n) is 19.2. The van der Waals surface area contributed by atoms with Crippen LogP contribution in [0, 0.1) is 11.8 Å². The Morgan fingerprint density at radius 2 is 1.80 bits per heavy atom. The third kappa shape index (κ3) is 9.29. The molecule has 2 atom stereocenters. The second-order valence-corrected chi connectivity index (χ2v) is 8.97. The van der Waals surface area contributed by atoms with Crippen molar-refractivity contribution in [1.29, 1.82) is 0 Å². The molecule has 0 heterocycles. The van der Waals surface area contributed by atoms with Gasteiger partial charge in [0.2, 0.25) is 0 Å². The topological polar surface area (TPSA) is 83.8 Å². The van der Waals surface area contributed by atoms with Crippen LogP contribution >= 0.6 is 0 Å². The fraction of sp³-hybridized carbons (Fsp3) is 0.680. The molecule has 30 heavy (non-hydrogen) atoms. The van der Waals surface area contributed by atoms with Crippen LogP contribution in [0.1, 0.15) is 84.6 Å². The SMILES string of the molecule is CC(=O)O.CCCCCC[C@H]1C(=O)CCC[C@@H]1COc1ccc(C(C)(C)CO)cc1. The molecule has 1 aromatic rings. The summed E-state index contributed by atoms with van der Waals surface area (Å²) in [4.78, 5) is 21.4. The summed E-state index contributed by atoms with van der Waals surface area (Å²) < 4.78 is 6.04. The van der Waals surface area contributed by atoms with Gasteiger partial charge in [-0.25, -0.2) is 0 Å². The highest BCUT2D eigenvalue weighted by molar-refractivity contribution is 5.82. The minimum absolute atomic E-state index is 0.122. The zero-order valence-corrected chi connectivity index (χ0v) is 19.2. The number of rotatable bonds is 10. The first-order valence-electron chi connectivity index (χ1n) is 11.3. The molecule has 1 fully saturated rings. The normalized spacial score (nSPS) is 19.0. The summed E-state index contributed by atoms with van der Waals surface area (Å²) >= 11 is 0. The standard InChI is InChI=1S/C23H36O3.C2H4O2/c1-4-5-6-7-10-21-18(9-8-11-22(21)25)16-26-20-14-12-19(13-15-20)23(2,3)17-24;1-2(3)4/h12-15,18,21,24H,4-11,16-17H2,1-3H3;1H3,(H,3,4)/t18-,21-;/m1./s1. The lowest BCUT2D eigenvalue weighted by Gasteiger charge is -2.30. The van der Waals surface area contributed by atoms with Crippen LogP contribution in [0.25, 0.3) is 0 Å². The number of carboxylic acids is 1. The Bertz CT molecular complexity index is 631. The van der Waals surface area contributed by atoms with E-state index in [0.29, 0.717) is 18.3 Å². The number of carbonyl (C=O) groups is 2. The molecule has 0 spiro atoms. The van der Waals surface area contributed by atoms with Crippen molar-refractivity contribution in [2.45, 2.75) is 84.5 Å². The number of aliphatic hydroxyl groups is 1. The van der Waals surface area contributed by atoms with Gasteiger partial charge in [0, 0.05) is 30.6 Å². The Hall–Kier alpha value is -1.88. The number of hydrogen-bond donors (Lipinski definition) is 2. The number of carboxylic acid groups (broad SMARTS) is 1. The quantitative estimate of drug-likeness (QED) is 0.496. The summed E-state index contributed by atoms with van der Waals surface area (Å²) in [5, 5.41) is 16.9. The molecule has 1 aliphatic carbocycles. The van der Waals surface area contributed by atoms with Gasteiger partial charge in [-0.1, -0.05) is 58.6 Å². The molecular formula is C25H40O5. The van der Waals surface area contributed by atoms with Gasteiger partial charge in [-0.15, -0.1) is 0 Å². The van der Waals surface area contributed by atoms with E-state index in [4.69, 9.17) is 14.6 Å². The van der Waals surface area contributed by atoms with Crippen LogP contribution in [0.15, 0.2) is 24.3 Å². The highest BCUT2D eigenvalue weighted by atomic mass is 16.5. The molecule has 0 unspecified atom stereocenters. The number of benzene rings is 1. The van der Waals surface area contributed by atoms with Gasteiger partial charge in [-0.3, -0.25) is 9.59 Å². The van der Waals surface area contributed by atoms with Gasteiger partial charge >= 0.3 is 0 Å². The number of aliphatic hydroxyl groups excluding tert-OH is 1. The van der Waals surface area contributed by atoms with Crippen LogP contribution in [0.2, 0.25) is 0 Å². The summed E-state index contributed by atoms with van der Waals surface area (Å²) in [7, 11) is 0. The van der Waals surface area contributed by atoms with Crippen LogP contribution in [-0.4, -0.2) is 35.2 Å². The maximum atomic E-state index is 12.4. The lowest BCUT2D eigenvalue weighted by Crippen LogP contribution is -2.32. The van der Waals surface area contributed by atoms with Crippen molar-refractivity contribution in [3.63, 3.8) is 0 Å².